The van der Waals surface area contributed by atoms with Gasteiger partial charge in [-0.3, -0.25) is 0 Å². The van der Waals surface area contributed by atoms with Crippen LogP contribution in [0.25, 0.3) is 0 Å². The minimum absolute atomic E-state index is 0.00306. The Morgan fingerprint density at radius 1 is 1.43 bits per heavy atom. The molecule has 0 unspecified atom stereocenters. The Morgan fingerprint density at radius 2 is 2.14 bits per heavy atom. The molecule has 78 valence electrons. The molecule has 0 aliphatic rings. The van der Waals surface area contributed by atoms with Gasteiger partial charge in [0.25, 0.3) is 0 Å². The summed E-state index contributed by atoms with van der Waals surface area (Å²) in [6, 6.07) is 2.46. The zero-order valence-electron chi connectivity index (χ0n) is 7.96. The monoisotopic (exact) mass is 200 g/mol. The Balaban J connectivity index is 2.90. The van der Waals surface area contributed by atoms with Gasteiger partial charge in [0.15, 0.2) is 11.6 Å². The van der Waals surface area contributed by atoms with Crippen molar-refractivity contribution in [1.29, 1.82) is 0 Å². The first-order valence-electron chi connectivity index (χ1n) is 4.35. The smallest absolute Gasteiger partial charge is 0.165 e. The highest BCUT2D eigenvalue weighted by Gasteiger charge is 2.08. The Hall–Kier alpha value is -1.29. The van der Waals surface area contributed by atoms with Crippen LogP contribution < -0.4 is 4.74 Å². The Bertz CT molecular complexity index is 312. The number of aromatic hydroxyl groups is 1. The summed E-state index contributed by atoms with van der Waals surface area (Å²) in [6.07, 6.45) is 0.947. The van der Waals surface area contributed by atoms with Crippen LogP contribution in [0.5, 0.6) is 11.5 Å². The Morgan fingerprint density at radius 3 is 2.71 bits per heavy atom. The highest BCUT2D eigenvalue weighted by molar-refractivity contribution is 5.40. The lowest BCUT2D eigenvalue weighted by Gasteiger charge is -2.07. The first-order valence-corrected chi connectivity index (χ1v) is 4.35. The molecule has 0 fully saturated rings. The zero-order chi connectivity index (χ0) is 10.6. The van der Waals surface area contributed by atoms with E-state index in [0.29, 0.717) is 18.4 Å². The minimum Gasteiger partial charge on any atom is -0.508 e. The Kier molecular flexibility index (Phi) is 3.71. The molecule has 4 heteroatoms. The van der Waals surface area contributed by atoms with E-state index in [9.17, 15) is 9.50 Å². The van der Waals surface area contributed by atoms with Gasteiger partial charge in [-0.05, 0) is 24.5 Å². The van der Waals surface area contributed by atoms with Gasteiger partial charge in [0.2, 0.25) is 0 Å². The third-order valence-corrected chi connectivity index (χ3v) is 1.96. The van der Waals surface area contributed by atoms with E-state index < -0.39 is 5.82 Å². The van der Waals surface area contributed by atoms with E-state index in [1.807, 2.05) is 0 Å². The predicted molar refractivity (Wildman–Crippen MR) is 50.0 cm³/mol. The molecule has 0 spiro atoms. The van der Waals surface area contributed by atoms with Gasteiger partial charge >= 0.3 is 0 Å². The summed E-state index contributed by atoms with van der Waals surface area (Å²) in [5.41, 5.74) is 0.484. The highest BCUT2D eigenvalue weighted by Crippen LogP contribution is 2.27. The van der Waals surface area contributed by atoms with E-state index >= 15 is 0 Å². The van der Waals surface area contributed by atoms with Gasteiger partial charge < -0.3 is 14.9 Å². The van der Waals surface area contributed by atoms with Crippen LogP contribution in [0.3, 0.4) is 0 Å². The number of hydrogen-bond donors (Lipinski definition) is 2. The van der Waals surface area contributed by atoms with Crippen LogP contribution >= 0.6 is 0 Å². The molecule has 1 aromatic rings. The molecule has 1 rings (SSSR count). The van der Waals surface area contributed by atoms with Crippen molar-refractivity contribution in [3.8, 4) is 11.5 Å². The summed E-state index contributed by atoms with van der Waals surface area (Å²) >= 11 is 0. The highest BCUT2D eigenvalue weighted by atomic mass is 19.1. The first-order chi connectivity index (χ1) is 6.69. The molecule has 3 nitrogen and oxygen atoms in total. The summed E-state index contributed by atoms with van der Waals surface area (Å²) < 4.78 is 17.9. The number of hydrogen-bond acceptors (Lipinski definition) is 3. The average Bonchev–Trinajstić information content (AvgIpc) is 2.18. The number of rotatable bonds is 4. The number of aliphatic hydroxyl groups is 1. The van der Waals surface area contributed by atoms with Gasteiger partial charge in [-0.1, -0.05) is 0 Å². The lowest BCUT2D eigenvalue weighted by Crippen LogP contribution is -1.94. The second kappa shape index (κ2) is 4.81. The fourth-order valence-electron chi connectivity index (χ4n) is 1.21. The van der Waals surface area contributed by atoms with Crippen LogP contribution in [-0.2, 0) is 6.42 Å². The Labute approximate surface area is 81.8 Å². The largest absolute Gasteiger partial charge is 0.508 e. The van der Waals surface area contributed by atoms with Gasteiger partial charge in [0.1, 0.15) is 5.75 Å². The summed E-state index contributed by atoms with van der Waals surface area (Å²) in [5, 5.41) is 18.0. The van der Waals surface area contributed by atoms with Crippen molar-refractivity contribution in [3.05, 3.63) is 23.5 Å². The number of aryl methyl sites for hydroxylation is 1. The molecule has 1 aromatic carbocycles. The van der Waals surface area contributed by atoms with E-state index in [-0.39, 0.29) is 18.1 Å². The fraction of sp³-hybridized carbons (Fsp3) is 0.400. The molecular weight excluding hydrogens is 187 g/mol. The predicted octanol–water partition coefficient (Wildman–Crippen LogP) is 1.46. The molecule has 0 aromatic heterocycles. The van der Waals surface area contributed by atoms with Crippen LogP contribution in [0.1, 0.15) is 12.0 Å². The number of benzene rings is 1. The van der Waals surface area contributed by atoms with Crippen molar-refractivity contribution in [3.63, 3.8) is 0 Å². The van der Waals surface area contributed by atoms with Crippen molar-refractivity contribution in [1.82, 2.24) is 0 Å². The molecule has 0 bridgehead atoms. The van der Waals surface area contributed by atoms with Crippen LogP contribution in [0.2, 0.25) is 0 Å². The molecule has 0 radical (unpaired) electrons. The number of ether oxygens (including phenoxy) is 1. The molecule has 0 saturated heterocycles. The van der Waals surface area contributed by atoms with Crippen LogP contribution in [-0.4, -0.2) is 23.9 Å². The number of methoxy groups -OCH3 is 1. The van der Waals surface area contributed by atoms with E-state index in [2.05, 4.69) is 0 Å². The van der Waals surface area contributed by atoms with Crippen molar-refractivity contribution < 1.29 is 19.3 Å². The molecule has 0 amide bonds. The van der Waals surface area contributed by atoms with Crippen molar-refractivity contribution in [2.75, 3.05) is 13.7 Å². The molecule has 0 aliphatic heterocycles. The molecule has 0 aliphatic carbocycles. The summed E-state index contributed by atoms with van der Waals surface area (Å²) in [6.45, 7) is 0.0209. The first kappa shape index (κ1) is 10.8. The van der Waals surface area contributed by atoms with Crippen LogP contribution in [0.4, 0.5) is 4.39 Å². The molecule has 2 N–H and O–H groups in total. The van der Waals surface area contributed by atoms with E-state index in [1.54, 1.807) is 0 Å². The number of phenols is 1. The van der Waals surface area contributed by atoms with Crippen molar-refractivity contribution in [2.45, 2.75) is 12.8 Å². The van der Waals surface area contributed by atoms with Crippen LogP contribution in [0, 0.1) is 5.82 Å². The normalized spacial score (nSPS) is 10.2. The van der Waals surface area contributed by atoms with Gasteiger partial charge in [0, 0.05) is 12.7 Å². The molecular formula is C10H13FO3. The number of aliphatic hydroxyl groups excluding tert-OH is 1. The number of halogens is 1. The third kappa shape index (κ3) is 2.35. The van der Waals surface area contributed by atoms with Gasteiger partial charge in [-0.25, -0.2) is 4.39 Å². The third-order valence-electron chi connectivity index (χ3n) is 1.96. The fourth-order valence-corrected chi connectivity index (χ4v) is 1.21. The average molecular weight is 200 g/mol. The van der Waals surface area contributed by atoms with E-state index in [4.69, 9.17) is 9.84 Å². The maximum Gasteiger partial charge on any atom is 0.165 e. The second-order valence-corrected chi connectivity index (χ2v) is 2.94. The molecule has 0 atom stereocenters. The zero-order valence-corrected chi connectivity index (χ0v) is 7.96. The molecule has 14 heavy (non-hydrogen) atoms. The summed E-state index contributed by atoms with van der Waals surface area (Å²) in [5.74, 6) is -0.481. The number of phenolic OH excluding ortho intramolecular Hbond substituents is 1. The molecule has 0 heterocycles. The summed E-state index contributed by atoms with van der Waals surface area (Å²) in [7, 11) is 1.34. The maximum atomic E-state index is 13.2. The quantitative estimate of drug-likeness (QED) is 0.773. The van der Waals surface area contributed by atoms with Gasteiger partial charge in [0.05, 0.1) is 7.11 Å². The van der Waals surface area contributed by atoms with Crippen molar-refractivity contribution in [2.24, 2.45) is 0 Å². The van der Waals surface area contributed by atoms with E-state index in [0.717, 1.165) is 0 Å². The van der Waals surface area contributed by atoms with E-state index in [1.165, 1.54) is 19.2 Å². The topological polar surface area (TPSA) is 49.7 Å². The second-order valence-electron chi connectivity index (χ2n) is 2.94. The van der Waals surface area contributed by atoms with Gasteiger partial charge in [-0.2, -0.15) is 0 Å². The SMILES string of the molecule is COc1cc(O)c(CCCO)cc1F. The van der Waals surface area contributed by atoms with Crippen molar-refractivity contribution >= 4 is 0 Å². The lowest BCUT2D eigenvalue weighted by atomic mass is 10.1. The van der Waals surface area contributed by atoms with Crippen LogP contribution in [0.15, 0.2) is 12.1 Å². The molecule has 0 saturated carbocycles. The van der Waals surface area contributed by atoms with Gasteiger partial charge in [-0.15, -0.1) is 0 Å². The summed E-state index contributed by atoms with van der Waals surface area (Å²) in [4.78, 5) is 0. The minimum atomic E-state index is -0.502. The standard InChI is InChI=1S/C10H13FO3/c1-14-10-6-9(13)7(3-2-4-12)5-8(10)11/h5-6,12-13H,2-4H2,1H3. The lowest BCUT2D eigenvalue weighted by molar-refractivity contribution is 0.287. The maximum absolute atomic E-state index is 13.2.